The lowest BCUT2D eigenvalue weighted by molar-refractivity contribution is -0.0768. The van der Waals surface area contributed by atoms with Crippen molar-refractivity contribution in [2.75, 3.05) is 20.3 Å². The van der Waals surface area contributed by atoms with Crippen LogP contribution in [0.15, 0.2) is 12.1 Å². The van der Waals surface area contributed by atoms with E-state index in [1.165, 1.54) is 7.11 Å². The Morgan fingerprint density at radius 1 is 1.41 bits per heavy atom. The summed E-state index contributed by atoms with van der Waals surface area (Å²) in [5.74, 6) is -1.33. The molecule has 0 bridgehead atoms. The largest absolute Gasteiger partial charge is 0.494 e. The van der Waals surface area contributed by atoms with Gasteiger partial charge in [0.05, 0.1) is 26.4 Å². The Labute approximate surface area is 97.6 Å². The van der Waals surface area contributed by atoms with Crippen LogP contribution in [0.3, 0.4) is 0 Å². The molecule has 3 nitrogen and oxygen atoms in total. The van der Waals surface area contributed by atoms with Gasteiger partial charge in [-0.15, -0.1) is 0 Å². The van der Waals surface area contributed by atoms with Crippen molar-refractivity contribution < 1.29 is 18.3 Å². The second kappa shape index (κ2) is 4.30. The molecule has 1 aromatic carbocycles. The van der Waals surface area contributed by atoms with Gasteiger partial charge in [-0.2, -0.15) is 5.26 Å². The second-order valence-corrected chi connectivity index (χ2v) is 4.14. The number of nitrogens with zero attached hydrogens (tertiary/aromatic N) is 1. The molecular formula is C12H11F2NO2. The van der Waals surface area contributed by atoms with Crippen molar-refractivity contribution in [2.24, 2.45) is 5.41 Å². The van der Waals surface area contributed by atoms with Crippen LogP contribution in [0.1, 0.15) is 5.56 Å². The topological polar surface area (TPSA) is 42.2 Å². The maximum absolute atomic E-state index is 13.6. The van der Waals surface area contributed by atoms with Crippen molar-refractivity contribution in [3.05, 3.63) is 29.3 Å². The first-order valence-electron chi connectivity index (χ1n) is 5.11. The predicted molar refractivity (Wildman–Crippen MR) is 55.5 cm³/mol. The molecule has 1 aliphatic rings. The van der Waals surface area contributed by atoms with Crippen LogP contribution in [0.2, 0.25) is 0 Å². The van der Waals surface area contributed by atoms with Gasteiger partial charge in [0, 0.05) is 6.07 Å². The summed E-state index contributed by atoms with van der Waals surface area (Å²) in [5, 5.41) is 8.99. The van der Waals surface area contributed by atoms with Gasteiger partial charge < -0.3 is 9.47 Å². The van der Waals surface area contributed by atoms with Crippen molar-refractivity contribution >= 4 is 0 Å². The van der Waals surface area contributed by atoms with Gasteiger partial charge in [0.15, 0.2) is 11.6 Å². The van der Waals surface area contributed by atoms with Crippen molar-refractivity contribution in [2.45, 2.75) is 6.42 Å². The molecule has 0 radical (unpaired) electrons. The van der Waals surface area contributed by atoms with Crippen LogP contribution in [0, 0.1) is 28.4 Å². The molecule has 1 saturated heterocycles. The molecule has 90 valence electrons. The smallest absolute Gasteiger partial charge is 0.165 e. The van der Waals surface area contributed by atoms with Crippen LogP contribution in [-0.4, -0.2) is 20.3 Å². The van der Waals surface area contributed by atoms with E-state index in [1.807, 2.05) is 0 Å². The molecule has 1 aliphatic heterocycles. The summed E-state index contributed by atoms with van der Waals surface area (Å²) in [6, 6.07) is 4.16. The predicted octanol–water partition coefficient (Wildman–Crippen LogP) is 2.06. The number of hydrogen-bond acceptors (Lipinski definition) is 3. The Morgan fingerprint density at radius 3 is 2.59 bits per heavy atom. The van der Waals surface area contributed by atoms with E-state index in [9.17, 15) is 8.78 Å². The normalized spacial score (nSPS) is 17.1. The molecule has 0 saturated carbocycles. The Morgan fingerprint density at radius 2 is 2.12 bits per heavy atom. The number of nitriles is 1. The molecule has 0 aromatic heterocycles. The van der Waals surface area contributed by atoms with E-state index >= 15 is 0 Å². The van der Waals surface area contributed by atoms with Crippen molar-refractivity contribution in [3.8, 4) is 11.8 Å². The number of halogens is 2. The Balaban J connectivity index is 2.28. The van der Waals surface area contributed by atoms with Gasteiger partial charge in [-0.1, -0.05) is 0 Å². The first-order valence-corrected chi connectivity index (χ1v) is 5.11. The summed E-state index contributed by atoms with van der Waals surface area (Å²) in [6.45, 7) is 0.521. The summed E-state index contributed by atoms with van der Waals surface area (Å²) < 4.78 is 36.7. The lowest BCUT2D eigenvalue weighted by Gasteiger charge is -2.35. The third-order valence-corrected chi connectivity index (χ3v) is 2.84. The van der Waals surface area contributed by atoms with Crippen LogP contribution in [0.25, 0.3) is 0 Å². The Hall–Kier alpha value is -1.67. The lowest BCUT2D eigenvalue weighted by Crippen LogP contribution is -2.43. The number of methoxy groups -OCH3 is 1. The molecule has 0 unspecified atom stereocenters. The first kappa shape index (κ1) is 11.8. The third-order valence-electron chi connectivity index (χ3n) is 2.84. The summed E-state index contributed by atoms with van der Waals surface area (Å²) in [7, 11) is 1.27. The first-order chi connectivity index (χ1) is 8.10. The van der Waals surface area contributed by atoms with Gasteiger partial charge in [0.2, 0.25) is 0 Å². The number of benzene rings is 1. The van der Waals surface area contributed by atoms with Gasteiger partial charge >= 0.3 is 0 Å². The zero-order valence-corrected chi connectivity index (χ0v) is 9.30. The molecule has 0 N–H and O–H groups in total. The maximum Gasteiger partial charge on any atom is 0.165 e. The van der Waals surface area contributed by atoms with E-state index in [0.29, 0.717) is 0 Å². The molecule has 5 heteroatoms. The van der Waals surface area contributed by atoms with E-state index in [-0.39, 0.29) is 30.9 Å². The van der Waals surface area contributed by atoms with E-state index < -0.39 is 17.0 Å². The average Bonchev–Trinajstić information content (AvgIpc) is 2.27. The van der Waals surface area contributed by atoms with E-state index in [1.54, 1.807) is 0 Å². The molecule has 1 fully saturated rings. The minimum atomic E-state index is -0.720. The fourth-order valence-electron chi connectivity index (χ4n) is 1.78. The zero-order valence-electron chi connectivity index (χ0n) is 9.30. The number of ether oxygens (including phenoxy) is 2. The van der Waals surface area contributed by atoms with E-state index in [4.69, 9.17) is 10.00 Å². The number of hydrogen-bond donors (Lipinski definition) is 0. The van der Waals surface area contributed by atoms with Gasteiger partial charge in [0.25, 0.3) is 0 Å². The minimum absolute atomic E-state index is 0.137. The monoisotopic (exact) mass is 239 g/mol. The highest BCUT2D eigenvalue weighted by molar-refractivity contribution is 5.32. The SMILES string of the molecule is COc1cc(F)c(CC2(C#N)COC2)cc1F. The Bertz CT molecular complexity index is 478. The fraction of sp³-hybridized carbons (Fsp3) is 0.417. The lowest BCUT2D eigenvalue weighted by atomic mass is 9.81. The van der Waals surface area contributed by atoms with Crippen molar-refractivity contribution in [1.82, 2.24) is 0 Å². The molecule has 0 spiro atoms. The maximum atomic E-state index is 13.6. The van der Waals surface area contributed by atoms with Gasteiger partial charge in [-0.05, 0) is 18.1 Å². The zero-order chi connectivity index (χ0) is 12.5. The molecule has 0 amide bonds. The summed E-state index contributed by atoms with van der Waals surface area (Å²) in [4.78, 5) is 0. The summed E-state index contributed by atoms with van der Waals surface area (Å²) in [6.07, 6.45) is 0.149. The third kappa shape index (κ3) is 2.08. The highest BCUT2D eigenvalue weighted by Gasteiger charge is 2.39. The van der Waals surface area contributed by atoms with Gasteiger partial charge in [-0.3, -0.25) is 0 Å². The highest BCUT2D eigenvalue weighted by atomic mass is 19.1. The van der Waals surface area contributed by atoms with Crippen LogP contribution in [-0.2, 0) is 11.2 Å². The quantitative estimate of drug-likeness (QED) is 0.810. The molecule has 0 atom stereocenters. The fourth-order valence-corrected chi connectivity index (χ4v) is 1.78. The van der Waals surface area contributed by atoms with Crippen LogP contribution < -0.4 is 4.74 Å². The second-order valence-electron chi connectivity index (χ2n) is 4.14. The highest BCUT2D eigenvalue weighted by Crippen LogP contribution is 2.33. The molecule has 0 aliphatic carbocycles. The molecule has 17 heavy (non-hydrogen) atoms. The average molecular weight is 239 g/mol. The Kier molecular flexibility index (Phi) is 2.99. The van der Waals surface area contributed by atoms with E-state index in [2.05, 4.69) is 10.8 Å². The van der Waals surface area contributed by atoms with Gasteiger partial charge in [0.1, 0.15) is 11.2 Å². The van der Waals surface area contributed by atoms with E-state index in [0.717, 1.165) is 12.1 Å². The summed E-state index contributed by atoms with van der Waals surface area (Å²) in [5.41, 5.74) is -0.546. The van der Waals surface area contributed by atoms with Crippen LogP contribution in [0.5, 0.6) is 5.75 Å². The van der Waals surface area contributed by atoms with Gasteiger partial charge in [-0.25, -0.2) is 8.78 Å². The minimum Gasteiger partial charge on any atom is -0.494 e. The molecule has 1 aromatic rings. The standard InChI is InChI=1S/C12H11F2NO2/c1-16-11-3-9(13)8(2-10(11)14)4-12(5-15)6-17-7-12/h2-3H,4,6-7H2,1H3. The van der Waals surface area contributed by atoms with Crippen LogP contribution in [0.4, 0.5) is 8.78 Å². The van der Waals surface area contributed by atoms with Crippen molar-refractivity contribution in [3.63, 3.8) is 0 Å². The summed E-state index contributed by atoms with van der Waals surface area (Å²) >= 11 is 0. The molecule has 2 rings (SSSR count). The molecular weight excluding hydrogens is 228 g/mol. The number of rotatable bonds is 3. The van der Waals surface area contributed by atoms with Crippen molar-refractivity contribution in [1.29, 1.82) is 5.26 Å². The van der Waals surface area contributed by atoms with Crippen LogP contribution >= 0.6 is 0 Å². The molecule has 1 heterocycles.